The average molecular weight is 252 g/mol. The molecule has 2 aliphatic carbocycles. The van der Waals surface area contributed by atoms with Crippen molar-refractivity contribution < 1.29 is 0 Å². The van der Waals surface area contributed by atoms with Crippen molar-refractivity contribution in [2.45, 2.75) is 32.6 Å². The van der Waals surface area contributed by atoms with Crippen LogP contribution in [0.5, 0.6) is 0 Å². The third-order valence-corrected chi connectivity index (χ3v) is 4.41. The minimum atomic E-state index is -1.35. The Morgan fingerprint density at radius 1 is 1.37 bits per heavy atom. The fourth-order valence-electron chi connectivity index (χ4n) is 3.49. The summed E-state index contributed by atoms with van der Waals surface area (Å²) in [4.78, 5) is 0. The van der Waals surface area contributed by atoms with Gasteiger partial charge in [-0.1, -0.05) is 13.0 Å². The van der Waals surface area contributed by atoms with Crippen LogP contribution in [0.2, 0.25) is 0 Å². The first-order chi connectivity index (χ1) is 9.16. The molecule has 96 valence electrons. The van der Waals surface area contributed by atoms with E-state index in [0.717, 1.165) is 24.8 Å². The van der Waals surface area contributed by atoms with Crippen molar-refractivity contribution >= 4 is 0 Å². The van der Waals surface area contributed by atoms with Crippen molar-refractivity contribution in [3.05, 3.63) is 22.9 Å². The molecule has 4 heteroatoms. The molecule has 0 aliphatic heterocycles. The van der Waals surface area contributed by atoms with Gasteiger partial charge in [-0.2, -0.15) is 15.8 Å². The van der Waals surface area contributed by atoms with Gasteiger partial charge in [-0.15, -0.1) is 0 Å². The molecule has 0 aromatic rings. The summed E-state index contributed by atoms with van der Waals surface area (Å²) in [5.74, 6) is -0.00819. The Bertz CT molecular complexity index is 563. The van der Waals surface area contributed by atoms with Crippen LogP contribution < -0.4 is 5.73 Å². The lowest BCUT2D eigenvalue weighted by Crippen LogP contribution is -2.43. The molecular weight excluding hydrogens is 236 g/mol. The van der Waals surface area contributed by atoms with Crippen molar-refractivity contribution in [1.29, 1.82) is 15.8 Å². The van der Waals surface area contributed by atoms with E-state index in [9.17, 15) is 15.8 Å². The first-order valence-corrected chi connectivity index (χ1v) is 6.59. The molecule has 2 atom stereocenters. The zero-order valence-corrected chi connectivity index (χ0v) is 11.0. The molecule has 0 spiro atoms. The number of allylic oxidation sites excluding steroid dienone is 4. The quantitative estimate of drug-likeness (QED) is 0.775. The van der Waals surface area contributed by atoms with Gasteiger partial charge in [-0.25, -0.2) is 0 Å². The van der Waals surface area contributed by atoms with Crippen LogP contribution in [-0.2, 0) is 0 Å². The standard InChI is InChI=1S/C15H16N4/c1-2-13-11-6-4-3-5-10(11)12(7-16)14(19)15(13,8-17)9-18/h5,11,13H,2-4,6,19H2,1H3/t11-,13+/m1/s1. The maximum absolute atomic E-state index is 9.50. The topological polar surface area (TPSA) is 97.4 Å². The molecule has 0 radical (unpaired) electrons. The number of nitrogens with zero attached hydrogens (tertiary/aromatic N) is 3. The van der Waals surface area contributed by atoms with Gasteiger partial charge >= 0.3 is 0 Å². The maximum atomic E-state index is 9.50. The van der Waals surface area contributed by atoms with Gasteiger partial charge < -0.3 is 5.73 Å². The number of hydrogen-bond acceptors (Lipinski definition) is 4. The fraction of sp³-hybridized carbons (Fsp3) is 0.533. The Balaban J connectivity index is 2.74. The van der Waals surface area contributed by atoms with Gasteiger partial charge in [0.2, 0.25) is 0 Å². The summed E-state index contributed by atoms with van der Waals surface area (Å²) in [5, 5.41) is 28.3. The van der Waals surface area contributed by atoms with Gasteiger partial charge in [-0.05, 0) is 37.2 Å². The Morgan fingerprint density at radius 2 is 2.05 bits per heavy atom. The van der Waals surface area contributed by atoms with Crippen LogP contribution in [-0.4, -0.2) is 0 Å². The maximum Gasteiger partial charge on any atom is 0.187 e. The molecular formula is C15H16N4. The SMILES string of the molecule is CC[C@H]1[C@@H]2CCCC=C2C(C#N)=C(N)C1(C#N)C#N. The second kappa shape index (κ2) is 4.79. The van der Waals surface area contributed by atoms with Crippen LogP contribution in [0.25, 0.3) is 0 Å². The van der Waals surface area contributed by atoms with Crippen LogP contribution in [0.4, 0.5) is 0 Å². The van der Waals surface area contributed by atoms with Gasteiger partial charge in [-0.3, -0.25) is 0 Å². The molecule has 2 aliphatic rings. The molecule has 0 bridgehead atoms. The van der Waals surface area contributed by atoms with Gasteiger partial charge in [0.15, 0.2) is 5.41 Å². The predicted molar refractivity (Wildman–Crippen MR) is 69.7 cm³/mol. The van der Waals surface area contributed by atoms with E-state index in [1.807, 2.05) is 6.92 Å². The van der Waals surface area contributed by atoms with Gasteiger partial charge in [0.25, 0.3) is 0 Å². The fourth-order valence-corrected chi connectivity index (χ4v) is 3.49. The molecule has 0 aromatic carbocycles. The molecule has 4 nitrogen and oxygen atoms in total. The number of hydrogen-bond donors (Lipinski definition) is 1. The zero-order valence-electron chi connectivity index (χ0n) is 11.0. The van der Waals surface area contributed by atoms with E-state index in [1.54, 1.807) is 0 Å². The molecule has 2 N–H and O–H groups in total. The van der Waals surface area contributed by atoms with E-state index < -0.39 is 5.41 Å². The predicted octanol–water partition coefficient (Wildman–Crippen LogP) is 2.52. The van der Waals surface area contributed by atoms with Crippen molar-refractivity contribution in [3.63, 3.8) is 0 Å². The van der Waals surface area contributed by atoms with Crippen LogP contribution in [0.3, 0.4) is 0 Å². The van der Waals surface area contributed by atoms with E-state index in [4.69, 9.17) is 5.73 Å². The van der Waals surface area contributed by atoms with E-state index in [2.05, 4.69) is 24.3 Å². The van der Waals surface area contributed by atoms with Gasteiger partial charge in [0, 0.05) is 5.92 Å². The smallest absolute Gasteiger partial charge is 0.187 e. The van der Waals surface area contributed by atoms with Crippen molar-refractivity contribution in [1.82, 2.24) is 0 Å². The minimum absolute atomic E-state index is 0.111. The molecule has 19 heavy (non-hydrogen) atoms. The molecule has 0 fully saturated rings. The Morgan fingerprint density at radius 3 is 2.58 bits per heavy atom. The second-order valence-corrected chi connectivity index (χ2v) is 5.14. The molecule has 0 heterocycles. The van der Waals surface area contributed by atoms with E-state index in [-0.39, 0.29) is 17.5 Å². The van der Waals surface area contributed by atoms with Crippen LogP contribution >= 0.6 is 0 Å². The molecule has 0 aromatic heterocycles. The lowest BCUT2D eigenvalue weighted by Gasteiger charge is -2.42. The number of rotatable bonds is 1. The molecule has 0 saturated carbocycles. The van der Waals surface area contributed by atoms with Crippen molar-refractivity contribution in [3.8, 4) is 18.2 Å². The minimum Gasteiger partial charge on any atom is -0.399 e. The highest BCUT2D eigenvalue weighted by molar-refractivity contribution is 5.56. The molecule has 0 unspecified atom stereocenters. The normalized spacial score (nSPS) is 28.4. The van der Waals surface area contributed by atoms with Crippen molar-refractivity contribution in [2.75, 3.05) is 0 Å². The molecule has 0 saturated heterocycles. The summed E-state index contributed by atoms with van der Waals surface area (Å²) >= 11 is 0. The summed E-state index contributed by atoms with van der Waals surface area (Å²) in [6.45, 7) is 1.98. The van der Waals surface area contributed by atoms with Crippen molar-refractivity contribution in [2.24, 2.45) is 23.0 Å². The third-order valence-electron chi connectivity index (χ3n) is 4.41. The summed E-state index contributed by atoms with van der Waals surface area (Å²) in [6.07, 6.45) is 5.67. The Hall–Kier alpha value is -2.25. The van der Waals surface area contributed by atoms with E-state index >= 15 is 0 Å². The zero-order chi connectivity index (χ0) is 14.0. The van der Waals surface area contributed by atoms with E-state index in [0.29, 0.717) is 12.0 Å². The number of nitriles is 3. The summed E-state index contributed by atoms with van der Waals surface area (Å²) < 4.78 is 0. The summed E-state index contributed by atoms with van der Waals surface area (Å²) in [5.41, 5.74) is 6.15. The lowest BCUT2D eigenvalue weighted by atomic mass is 9.58. The average Bonchev–Trinajstić information content (AvgIpc) is 2.46. The summed E-state index contributed by atoms with van der Waals surface area (Å²) in [7, 11) is 0. The monoisotopic (exact) mass is 252 g/mol. The second-order valence-electron chi connectivity index (χ2n) is 5.14. The van der Waals surface area contributed by atoms with E-state index in [1.165, 1.54) is 0 Å². The Kier molecular flexibility index (Phi) is 3.32. The highest BCUT2D eigenvalue weighted by Crippen LogP contribution is 2.52. The third kappa shape index (κ3) is 1.63. The highest BCUT2D eigenvalue weighted by Gasteiger charge is 2.51. The number of nitrogens with two attached hydrogens (primary N) is 1. The molecule has 0 amide bonds. The van der Waals surface area contributed by atoms with Gasteiger partial charge in [0.1, 0.15) is 6.07 Å². The Labute approximate surface area is 113 Å². The highest BCUT2D eigenvalue weighted by atomic mass is 14.7. The van der Waals surface area contributed by atoms with Gasteiger partial charge in [0.05, 0.1) is 23.4 Å². The van der Waals surface area contributed by atoms with Crippen LogP contribution in [0, 0.1) is 51.2 Å². The van der Waals surface area contributed by atoms with Crippen LogP contribution in [0.15, 0.2) is 22.9 Å². The first kappa shape index (κ1) is 13.2. The first-order valence-electron chi connectivity index (χ1n) is 6.59. The lowest BCUT2D eigenvalue weighted by molar-refractivity contribution is 0.228. The largest absolute Gasteiger partial charge is 0.399 e. The number of fused-ring (bicyclic) bond motifs is 1. The summed E-state index contributed by atoms with van der Waals surface area (Å²) in [6, 6.07) is 6.29. The molecule has 2 rings (SSSR count). The van der Waals surface area contributed by atoms with Crippen LogP contribution in [0.1, 0.15) is 32.6 Å².